The number of aryl methyl sites for hydroxylation is 1. The lowest BCUT2D eigenvalue weighted by Crippen LogP contribution is -2.33. The largest absolute Gasteiger partial charge is 0.358 e. The molecule has 2 nitrogen and oxygen atoms in total. The molecule has 2 heterocycles. The number of nitrogens with zero attached hydrogens (tertiary/aromatic N) is 2. The number of thioether (sulfide) groups is 1. The van der Waals surface area contributed by atoms with Crippen LogP contribution in [-0.2, 0) is 6.54 Å². The Labute approximate surface area is 200 Å². The van der Waals surface area contributed by atoms with E-state index >= 15 is 0 Å². The lowest BCUT2D eigenvalue weighted by Gasteiger charge is -2.34. The van der Waals surface area contributed by atoms with E-state index in [2.05, 4.69) is 97.8 Å². The summed E-state index contributed by atoms with van der Waals surface area (Å²) in [6.45, 7) is 11.5. The molecular formula is C28H33N2S2+. The highest BCUT2D eigenvalue weighted by atomic mass is 32.2. The molecule has 0 amide bonds. The third kappa shape index (κ3) is 4.15. The van der Waals surface area contributed by atoms with E-state index < -0.39 is 0 Å². The molecule has 0 saturated heterocycles. The van der Waals surface area contributed by atoms with Gasteiger partial charge < -0.3 is 4.90 Å². The number of aromatic nitrogens is 1. The van der Waals surface area contributed by atoms with E-state index in [-0.39, 0.29) is 0 Å². The van der Waals surface area contributed by atoms with Gasteiger partial charge in [0, 0.05) is 23.6 Å². The van der Waals surface area contributed by atoms with Crippen molar-refractivity contribution >= 4 is 45.1 Å². The zero-order valence-electron chi connectivity index (χ0n) is 19.6. The maximum atomic E-state index is 2.59. The average molecular weight is 462 g/mol. The van der Waals surface area contributed by atoms with Crippen molar-refractivity contribution in [3.05, 3.63) is 70.8 Å². The van der Waals surface area contributed by atoms with Crippen molar-refractivity contribution in [1.82, 2.24) is 0 Å². The van der Waals surface area contributed by atoms with Gasteiger partial charge >= 0.3 is 0 Å². The maximum absolute atomic E-state index is 2.59. The van der Waals surface area contributed by atoms with Gasteiger partial charge in [-0.1, -0.05) is 72.9 Å². The fourth-order valence-electron chi connectivity index (χ4n) is 5.37. The number of rotatable bonds is 5. The smallest absolute Gasteiger partial charge is 0.263 e. The van der Waals surface area contributed by atoms with E-state index in [4.69, 9.17) is 0 Å². The second kappa shape index (κ2) is 8.72. The van der Waals surface area contributed by atoms with Crippen LogP contribution in [0.1, 0.15) is 52.0 Å². The molecule has 0 saturated carbocycles. The first-order valence-corrected chi connectivity index (χ1v) is 13.5. The van der Waals surface area contributed by atoms with Crippen LogP contribution in [0.25, 0.3) is 16.3 Å². The fraction of sp³-hybridized carbons (Fsp3) is 0.393. The molecule has 0 N–H and O–H groups in total. The molecule has 32 heavy (non-hydrogen) atoms. The minimum absolute atomic E-state index is 0.302. The van der Waals surface area contributed by atoms with Crippen molar-refractivity contribution in [3.63, 3.8) is 0 Å². The second-order valence-electron chi connectivity index (χ2n) is 9.72. The van der Waals surface area contributed by atoms with Gasteiger partial charge in [-0.3, -0.25) is 0 Å². The van der Waals surface area contributed by atoms with Crippen LogP contribution >= 0.6 is 23.1 Å². The maximum Gasteiger partial charge on any atom is 0.263 e. The van der Waals surface area contributed by atoms with Crippen LogP contribution in [0.4, 0.5) is 5.69 Å². The van der Waals surface area contributed by atoms with Crippen molar-refractivity contribution in [2.24, 2.45) is 5.41 Å². The van der Waals surface area contributed by atoms with E-state index in [9.17, 15) is 0 Å². The Kier molecular flexibility index (Phi) is 5.94. The van der Waals surface area contributed by atoms with Crippen LogP contribution in [0.15, 0.2) is 70.6 Å². The monoisotopic (exact) mass is 461 g/mol. The van der Waals surface area contributed by atoms with E-state index in [1.807, 2.05) is 23.1 Å². The number of anilines is 1. The van der Waals surface area contributed by atoms with Crippen LogP contribution in [0.2, 0.25) is 0 Å². The predicted molar refractivity (Wildman–Crippen MR) is 140 cm³/mol. The fourth-order valence-corrected chi connectivity index (χ4v) is 8.02. The van der Waals surface area contributed by atoms with Gasteiger partial charge in [-0.25, -0.2) is 0 Å². The summed E-state index contributed by atoms with van der Waals surface area (Å²) in [5.41, 5.74) is 6.14. The molecule has 0 bridgehead atoms. The number of fused-ring (bicyclic) bond motifs is 2. The highest BCUT2D eigenvalue weighted by molar-refractivity contribution is 8.00. The molecule has 0 radical (unpaired) electrons. The highest BCUT2D eigenvalue weighted by Crippen LogP contribution is 2.47. The number of hydrogen-bond donors (Lipinski definition) is 0. The molecule has 1 aromatic heterocycles. The zero-order chi connectivity index (χ0) is 22.3. The lowest BCUT2D eigenvalue weighted by molar-refractivity contribution is -0.665. The van der Waals surface area contributed by atoms with E-state index in [0.29, 0.717) is 10.8 Å². The summed E-state index contributed by atoms with van der Waals surface area (Å²) in [5, 5.41) is 1.87. The summed E-state index contributed by atoms with van der Waals surface area (Å²) >= 11 is 3.96. The number of benzene rings is 2. The average Bonchev–Trinajstić information content (AvgIpc) is 3.28. The quantitative estimate of drug-likeness (QED) is 0.360. The SMILES string of the molecule is CCN1c2ccccc2SC1CC1=CC(=Cc2sc3ccccc3[n+]2CC)CC(C)(C)C1. The van der Waals surface area contributed by atoms with Crippen molar-refractivity contribution in [1.29, 1.82) is 0 Å². The summed E-state index contributed by atoms with van der Waals surface area (Å²) < 4.78 is 3.84. The van der Waals surface area contributed by atoms with Crippen molar-refractivity contribution in [3.8, 4) is 0 Å². The minimum atomic E-state index is 0.302. The second-order valence-corrected chi connectivity index (χ2v) is 12.0. The lowest BCUT2D eigenvalue weighted by atomic mass is 9.74. The number of allylic oxidation sites excluding steroid dienone is 2. The summed E-state index contributed by atoms with van der Waals surface area (Å²) in [6.07, 6.45) is 8.45. The standard InChI is InChI=1S/C28H33N2S2/c1-5-29-22-11-7-9-13-24(22)31-26(29)16-20-15-21(19-28(3,4)18-20)17-27-30(6-2)23-12-8-10-14-25(23)32-27/h7-16,27H,5-6,17-19H2,1-4H3/q+1. The zero-order valence-corrected chi connectivity index (χ0v) is 21.2. The summed E-state index contributed by atoms with van der Waals surface area (Å²) in [6, 6.07) is 17.7. The Morgan fingerprint density at radius 1 is 1.06 bits per heavy atom. The normalized spacial score (nSPS) is 21.2. The topological polar surface area (TPSA) is 7.12 Å². The highest BCUT2D eigenvalue weighted by Gasteiger charge is 2.33. The molecule has 1 atom stereocenters. The number of para-hydroxylation sites is 2. The van der Waals surface area contributed by atoms with Gasteiger partial charge in [-0.15, -0.1) is 0 Å². The summed E-state index contributed by atoms with van der Waals surface area (Å²) in [4.78, 5) is 4.02. The first kappa shape index (κ1) is 21.8. The third-order valence-corrected chi connectivity index (χ3v) is 9.01. The number of thiazole rings is 1. The van der Waals surface area contributed by atoms with Crippen LogP contribution in [-0.4, -0.2) is 11.9 Å². The Hall–Kier alpha value is -2.04. The van der Waals surface area contributed by atoms with Gasteiger partial charge in [0.2, 0.25) is 5.52 Å². The van der Waals surface area contributed by atoms with Gasteiger partial charge in [0.15, 0.2) is 0 Å². The molecule has 5 rings (SSSR count). The van der Waals surface area contributed by atoms with Crippen molar-refractivity contribution < 1.29 is 4.57 Å². The molecule has 1 aliphatic heterocycles. The van der Waals surface area contributed by atoms with Gasteiger partial charge in [-0.05, 0) is 62.3 Å². The van der Waals surface area contributed by atoms with Crippen LogP contribution < -0.4 is 9.47 Å². The molecule has 2 aliphatic rings. The van der Waals surface area contributed by atoms with Gasteiger partial charge in [-0.2, -0.15) is 4.57 Å². The van der Waals surface area contributed by atoms with Crippen LogP contribution in [0.3, 0.4) is 0 Å². The Balaban J connectivity index is 1.46. The molecule has 0 fully saturated rings. The number of hydrogen-bond acceptors (Lipinski definition) is 3. The first-order chi connectivity index (χ1) is 15.5. The molecule has 2 aromatic carbocycles. The minimum Gasteiger partial charge on any atom is -0.358 e. The van der Waals surface area contributed by atoms with Gasteiger partial charge in [0.05, 0.1) is 11.1 Å². The Morgan fingerprint density at radius 3 is 2.66 bits per heavy atom. The van der Waals surface area contributed by atoms with Crippen molar-refractivity contribution in [2.75, 3.05) is 11.4 Å². The molecular weight excluding hydrogens is 428 g/mol. The summed E-state index contributed by atoms with van der Waals surface area (Å²) in [5.74, 6) is 0. The third-order valence-electron chi connectivity index (χ3n) is 6.60. The van der Waals surface area contributed by atoms with Crippen molar-refractivity contribution in [2.45, 2.75) is 63.8 Å². The molecule has 4 heteroatoms. The van der Waals surface area contributed by atoms with E-state index in [0.717, 1.165) is 25.9 Å². The van der Waals surface area contributed by atoms with Crippen LogP contribution in [0.5, 0.6) is 0 Å². The predicted octanol–water partition coefficient (Wildman–Crippen LogP) is 7.69. The molecule has 166 valence electrons. The molecule has 1 aliphatic carbocycles. The van der Waals surface area contributed by atoms with Gasteiger partial charge in [0.25, 0.3) is 5.01 Å². The van der Waals surface area contributed by atoms with E-state index in [1.165, 1.54) is 37.8 Å². The molecule has 1 unspecified atom stereocenters. The summed E-state index contributed by atoms with van der Waals surface area (Å²) in [7, 11) is 0. The molecule has 0 spiro atoms. The Morgan fingerprint density at radius 2 is 1.84 bits per heavy atom. The molecule has 3 aromatic rings. The first-order valence-electron chi connectivity index (χ1n) is 11.8. The van der Waals surface area contributed by atoms with Crippen LogP contribution in [0, 0.1) is 5.41 Å². The Bertz CT molecular complexity index is 1200. The van der Waals surface area contributed by atoms with Gasteiger partial charge in [0.1, 0.15) is 11.2 Å². The van der Waals surface area contributed by atoms with E-state index in [1.54, 1.807) is 5.57 Å².